The van der Waals surface area contributed by atoms with E-state index >= 15 is 0 Å². The van der Waals surface area contributed by atoms with Crippen LogP contribution < -0.4 is 0 Å². The van der Waals surface area contributed by atoms with Crippen molar-refractivity contribution in [1.29, 1.82) is 0 Å². The molecule has 0 fully saturated rings. The maximum Gasteiger partial charge on any atom is 0.415 e. The number of amides is 1. The minimum absolute atomic E-state index is 0.328. The van der Waals surface area contributed by atoms with Crippen LogP contribution in [-0.2, 0) is 9.53 Å². The van der Waals surface area contributed by atoms with Crippen LogP contribution in [0, 0.1) is 0 Å². The Morgan fingerprint density at radius 1 is 1.47 bits per heavy atom. The number of carbonyl (C=O) groups is 2. The van der Waals surface area contributed by atoms with E-state index in [0.29, 0.717) is 6.42 Å². The van der Waals surface area contributed by atoms with Gasteiger partial charge in [-0.15, -0.1) is 0 Å². The SMILES string of the molecule is CC(C)(C)OC(=O)N1C=CC[C@H]1C(=O)O. The van der Waals surface area contributed by atoms with Gasteiger partial charge in [0.2, 0.25) is 0 Å². The van der Waals surface area contributed by atoms with Crippen molar-refractivity contribution in [1.82, 2.24) is 4.90 Å². The van der Waals surface area contributed by atoms with Gasteiger partial charge in [0.1, 0.15) is 11.6 Å². The first-order valence-electron chi connectivity index (χ1n) is 4.72. The average Bonchev–Trinajstić information content (AvgIpc) is 2.47. The van der Waals surface area contributed by atoms with E-state index < -0.39 is 23.7 Å². The number of carboxylic acids is 1. The van der Waals surface area contributed by atoms with Crippen LogP contribution >= 0.6 is 0 Å². The van der Waals surface area contributed by atoms with Gasteiger partial charge in [-0.05, 0) is 27.2 Å². The summed E-state index contributed by atoms with van der Waals surface area (Å²) in [6.07, 6.45) is 2.80. The van der Waals surface area contributed by atoms with Crippen molar-refractivity contribution in [3.8, 4) is 0 Å². The Morgan fingerprint density at radius 2 is 2.07 bits per heavy atom. The van der Waals surface area contributed by atoms with Crippen molar-refractivity contribution in [3.63, 3.8) is 0 Å². The molecule has 0 bridgehead atoms. The van der Waals surface area contributed by atoms with Crippen molar-refractivity contribution >= 4 is 12.1 Å². The molecule has 84 valence electrons. The van der Waals surface area contributed by atoms with Crippen molar-refractivity contribution < 1.29 is 19.4 Å². The summed E-state index contributed by atoms with van der Waals surface area (Å²) in [5.41, 5.74) is -0.615. The summed E-state index contributed by atoms with van der Waals surface area (Å²) in [6.45, 7) is 5.21. The molecule has 0 radical (unpaired) electrons. The molecule has 0 aromatic carbocycles. The fourth-order valence-electron chi connectivity index (χ4n) is 1.24. The van der Waals surface area contributed by atoms with E-state index in [1.807, 2.05) is 0 Å². The van der Waals surface area contributed by atoms with Crippen LogP contribution in [0.4, 0.5) is 4.79 Å². The van der Waals surface area contributed by atoms with Gasteiger partial charge >= 0.3 is 12.1 Å². The Balaban J connectivity index is 2.67. The maximum absolute atomic E-state index is 11.6. The zero-order valence-electron chi connectivity index (χ0n) is 9.06. The number of aliphatic carboxylic acids is 1. The second-order valence-corrected chi connectivity index (χ2v) is 4.36. The maximum atomic E-state index is 11.6. The molecule has 0 unspecified atom stereocenters. The molecule has 15 heavy (non-hydrogen) atoms. The lowest BCUT2D eigenvalue weighted by Gasteiger charge is -2.25. The highest BCUT2D eigenvalue weighted by molar-refractivity contribution is 5.82. The zero-order chi connectivity index (χ0) is 11.6. The lowest BCUT2D eigenvalue weighted by Crippen LogP contribution is -2.41. The number of carbonyl (C=O) groups excluding carboxylic acids is 1. The smallest absolute Gasteiger partial charge is 0.415 e. The summed E-state index contributed by atoms with van der Waals surface area (Å²) in [6, 6.07) is -0.833. The van der Waals surface area contributed by atoms with Crippen LogP contribution in [0.3, 0.4) is 0 Å². The number of ether oxygens (including phenoxy) is 1. The van der Waals surface area contributed by atoms with Crippen molar-refractivity contribution in [3.05, 3.63) is 12.3 Å². The van der Waals surface area contributed by atoms with E-state index in [9.17, 15) is 9.59 Å². The van der Waals surface area contributed by atoms with Gasteiger partial charge in [-0.25, -0.2) is 9.59 Å². The first kappa shape index (κ1) is 11.6. The summed E-state index contributed by atoms with van der Waals surface area (Å²) in [5.74, 6) is -1.02. The molecule has 1 atom stereocenters. The highest BCUT2D eigenvalue weighted by Crippen LogP contribution is 2.18. The van der Waals surface area contributed by atoms with E-state index in [4.69, 9.17) is 9.84 Å². The summed E-state index contributed by atoms with van der Waals surface area (Å²) in [4.78, 5) is 23.5. The lowest BCUT2D eigenvalue weighted by molar-refractivity contribution is -0.141. The molecule has 1 rings (SSSR count). The summed E-state index contributed by atoms with van der Waals surface area (Å²) in [7, 11) is 0. The number of carboxylic acid groups (broad SMARTS) is 1. The third-order valence-corrected chi connectivity index (χ3v) is 1.85. The average molecular weight is 213 g/mol. The molecule has 1 heterocycles. The molecule has 1 amide bonds. The molecule has 5 nitrogen and oxygen atoms in total. The number of hydrogen-bond acceptors (Lipinski definition) is 3. The molecule has 0 saturated carbocycles. The highest BCUT2D eigenvalue weighted by Gasteiger charge is 2.33. The zero-order valence-corrected chi connectivity index (χ0v) is 9.06. The van der Waals surface area contributed by atoms with Crippen molar-refractivity contribution in [2.45, 2.75) is 38.8 Å². The van der Waals surface area contributed by atoms with Crippen LogP contribution in [0.5, 0.6) is 0 Å². The van der Waals surface area contributed by atoms with Crippen LogP contribution in [-0.4, -0.2) is 33.7 Å². The van der Waals surface area contributed by atoms with E-state index in [-0.39, 0.29) is 0 Å². The van der Waals surface area contributed by atoms with Crippen LogP contribution in [0.1, 0.15) is 27.2 Å². The highest BCUT2D eigenvalue weighted by atomic mass is 16.6. The predicted molar refractivity (Wildman–Crippen MR) is 53.3 cm³/mol. The number of nitrogens with zero attached hydrogens (tertiary/aromatic N) is 1. The summed E-state index contributed by atoms with van der Waals surface area (Å²) >= 11 is 0. The van der Waals surface area contributed by atoms with Crippen molar-refractivity contribution in [2.24, 2.45) is 0 Å². The fourth-order valence-corrected chi connectivity index (χ4v) is 1.24. The van der Waals surface area contributed by atoms with Crippen LogP contribution in [0.25, 0.3) is 0 Å². The Morgan fingerprint density at radius 3 is 2.53 bits per heavy atom. The summed E-state index contributed by atoms with van der Waals surface area (Å²) < 4.78 is 5.07. The molecule has 1 N–H and O–H groups in total. The quantitative estimate of drug-likeness (QED) is 0.718. The topological polar surface area (TPSA) is 66.8 Å². The van der Waals surface area contributed by atoms with Gasteiger partial charge in [-0.1, -0.05) is 6.08 Å². The molecule has 0 aromatic rings. The molecule has 0 saturated heterocycles. The number of hydrogen-bond donors (Lipinski definition) is 1. The van der Waals surface area contributed by atoms with E-state index in [2.05, 4.69) is 0 Å². The predicted octanol–water partition coefficient (Wildman–Crippen LogP) is 1.59. The minimum atomic E-state index is -1.02. The third-order valence-electron chi connectivity index (χ3n) is 1.85. The van der Waals surface area contributed by atoms with Gasteiger partial charge in [0, 0.05) is 6.20 Å². The molecule has 0 spiro atoms. The molecule has 1 aliphatic heterocycles. The van der Waals surface area contributed by atoms with Gasteiger partial charge in [0.25, 0.3) is 0 Å². The second kappa shape index (κ2) is 3.92. The Bertz CT molecular complexity index is 303. The monoisotopic (exact) mass is 213 g/mol. The Hall–Kier alpha value is -1.52. The fraction of sp³-hybridized carbons (Fsp3) is 0.600. The molecule has 0 aliphatic carbocycles. The van der Waals surface area contributed by atoms with E-state index in [0.717, 1.165) is 4.90 Å². The standard InChI is InChI=1S/C10H15NO4/c1-10(2,3)15-9(14)11-6-4-5-7(11)8(12)13/h4,6-7H,5H2,1-3H3,(H,12,13)/t7-/m0/s1. The van der Waals surface area contributed by atoms with E-state index in [1.165, 1.54) is 6.20 Å². The largest absolute Gasteiger partial charge is 0.480 e. The molecule has 5 heteroatoms. The van der Waals surface area contributed by atoms with Crippen molar-refractivity contribution in [2.75, 3.05) is 0 Å². The first-order chi connectivity index (χ1) is 6.81. The molecule has 1 aliphatic rings. The molecule has 0 aromatic heterocycles. The van der Waals surface area contributed by atoms with Gasteiger partial charge in [0.15, 0.2) is 0 Å². The first-order valence-corrected chi connectivity index (χ1v) is 4.72. The third kappa shape index (κ3) is 2.97. The Kier molecular flexibility index (Phi) is 3.02. The van der Waals surface area contributed by atoms with Crippen LogP contribution in [0.15, 0.2) is 12.3 Å². The van der Waals surface area contributed by atoms with Gasteiger partial charge in [-0.2, -0.15) is 0 Å². The van der Waals surface area contributed by atoms with Gasteiger partial charge in [-0.3, -0.25) is 4.90 Å². The van der Waals surface area contributed by atoms with Gasteiger partial charge < -0.3 is 9.84 Å². The normalized spacial score (nSPS) is 20.5. The number of rotatable bonds is 1. The summed E-state index contributed by atoms with van der Waals surface area (Å²) in [5, 5.41) is 8.84. The van der Waals surface area contributed by atoms with Crippen LogP contribution in [0.2, 0.25) is 0 Å². The van der Waals surface area contributed by atoms with E-state index in [1.54, 1.807) is 26.8 Å². The minimum Gasteiger partial charge on any atom is -0.480 e. The second-order valence-electron chi connectivity index (χ2n) is 4.36. The molecular formula is C10H15NO4. The lowest BCUT2D eigenvalue weighted by atomic mass is 10.2. The molecular weight excluding hydrogens is 198 g/mol. The van der Waals surface area contributed by atoms with Gasteiger partial charge in [0.05, 0.1) is 0 Å². The Labute approximate surface area is 88.3 Å².